The van der Waals surface area contributed by atoms with Crippen LogP contribution >= 0.6 is 0 Å². The number of rotatable bonds is 5. The number of likely N-dealkylation sites (N-methyl/N-ethyl adjacent to an activating group) is 1. The van der Waals surface area contributed by atoms with Crippen LogP contribution in [0.2, 0.25) is 0 Å². The second kappa shape index (κ2) is 7.55. The number of carbonyl (C=O) groups is 1. The molecule has 0 radical (unpaired) electrons. The first kappa shape index (κ1) is 15.9. The van der Waals surface area contributed by atoms with Gasteiger partial charge in [0, 0.05) is 37.5 Å². The normalized spacial score (nSPS) is 10.6. The summed E-state index contributed by atoms with van der Waals surface area (Å²) in [6.45, 7) is 0.620. The van der Waals surface area contributed by atoms with Gasteiger partial charge in [0.15, 0.2) is 0 Å². The minimum absolute atomic E-state index is 0.00858. The van der Waals surface area contributed by atoms with Crippen LogP contribution < -0.4 is 0 Å². The maximum atomic E-state index is 12.6. The van der Waals surface area contributed by atoms with Crippen LogP contribution in [-0.4, -0.2) is 29.4 Å². The van der Waals surface area contributed by atoms with Crippen LogP contribution in [0.5, 0.6) is 0 Å². The molecule has 0 fully saturated rings. The van der Waals surface area contributed by atoms with Gasteiger partial charge in [-0.3, -0.25) is 9.78 Å². The minimum Gasteiger partial charge on any atom is -0.341 e. The first-order valence-electron chi connectivity index (χ1n) is 8.01. The molecule has 0 aliphatic rings. The maximum absolute atomic E-state index is 12.6. The zero-order chi connectivity index (χ0) is 16.8. The first-order valence-corrected chi connectivity index (χ1v) is 8.01. The van der Waals surface area contributed by atoms with Crippen LogP contribution in [0.3, 0.4) is 0 Å². The van der Waals surface area contributed by atoms with Gasteiger partial charge in [-0.2, -0.15) is 0 Å². The van der Waals surface area contributed by atoms with Gasteiger partial charge in [0.05, 0.1) is 0 Å². The quantitative estimate of drug-likeness (QED) is 0.713. The molecular weight excluding hydrogens is 296 g/mol. The zero-order valence-electron chi connectivity index (χ0n) is 13.7. The van der Waals surface area contributed by atoms with E-state index in [9.17, 15) is 4.79 Å². The summed E-state index contributed by atoms with van der Waals surface area (Å²) in [5, 5.41) is 0. The van der Waals surface area contributed by atoms with E-state index in [1.807, 2.05) is 43.4 Å². The molecule has 1 aromatic heterocycles. The highest BCUT2D eigenvalue weighted by Gasteiger charge is 2.20. The van der Waals surface area contributed by atoms with E-state index in [2.05, 4.69) is 29.2 Å². The van der Waals surface area contributed by atoms with Crippen molar-refractivity contribution >= 4 is 5.91 Å². The van der Waals surface area contributed by atoms with Crippen LogP contribution in [-0.2, 0) is 0 Å². The van der Waals surface area contributed by atoms with E-state index >= 15 is 0 Å². The van der Waals surface area contributed by atoms with Crippen molar-refractivity contribution in [3.05, 3.63) is 102 Å². The van der Waals surface area contributed by atoms with Crippen molar-refractivity contribution in [2.75, 3.05) is 13.6 Å². The summed E-state index contributed by atoms with van der Waals surface area (Å²) >= 11 is 0. The highest BCUT2D eigenvalue weighted by Crippen LogP contribution is 2.25. The summed E-state index contributed by atoms with van der Waals surface area (Å²) in [5.74, 6) is 0.150. The van der Waals surface area contributed by atoms with Crippen molar-refractivity contribution in [3.8, 4) is 0 Å². The van der Waals surface area contributed by atoms with Crippen molar-refractivity contribution in [3.63, 3.8) is 0 Å². The Morgan fingerprint density at radius 2 is 1.38 bits per heavy atom. The Kier molecular flexibility index (Phi) is 5.02. The highest BCUT2D eigenvalue weighted by atomic mass is 16.2. The summed E-state index contributed by atoms with van der Waals surface area (Å²) in [6, 6.07) is 24.1. The molecule has 3 rings (SSSR count). The maximum Gasteiger partial charge on any atom is 0.253 e. The van der Waals surface area contributed by atoms with Crippen LogP contribution in [0, 0.1) is 0 Å². The molecule has 0 saturated heterocycles. The predicted octanol–water partition coefficient (Wildman–Crippen LogP) is 3.99. The van der Waals surface area contributed by atoms with Crippen molar-refractivity contribution < 1.29 is 4.79 Å². The summed E-state index contributed by atoms with van der Waals surface area (Å²) < 4.78 is 0. The van der Waals surface area contributed by atoms with Crippen molar-refractivity contribution in [2.45, 2.75) is 5.92 Å². The molecular formula is C21H20N2O. The van der Waals surface area contributed by atoms with E-state index in [0.29, 0.717) is 12.1 Å². The third-order valence-corrected chi connectivity index (χ3v) is 4.13. The van der Waals surface area contributed by atoms with Gasteiger partial charge in [-0.15, -0.1) is 0 Å². The number of amides is 1. The zero-order valence-corrected chi connectivity index (χ0v) is 13.7. The summed E-state index contributed by atoms with van der Waals surface area (Å²) in [4.78, 5) is 18.4. The SMILES string of the molecule is CN(CC(c1ccccc1)c1ccccc1)C(=O)c1ccncc1. The summed E-state index contributed by atoms with van der Waals surface area (Å²) in [7, 11) is 1.85. The van der Waals surface area contributed by atoms with E-state index in [1.165, 1.54) is 11.1 Å². The lowest BCUT2D eigenvalue weighted by Gasteiger charge is -2.25. The second-order valence-electron chi connectivity index (χ2n) is 5.80. The topological polar surface area (TPSA) is 33.2 Å². The number of carbonyl (C=O) groups excluding carboxylic acids is 1. The molecule has 120 valence electrons. The molecule has 0 aliphatic heterocycles. The number of hydrogen-bond donors (Lipinski definition) is 0. The van der Waals surface area contributed by atoms with Gasteiger partial charge < -0.3 is 4.90 Å². The van der Waals surface area contributed by atoms with Gasteiger partial charge in [0.1, 0.15) is 0 Å². The van der Waals surface area contributed by atoms with E-state index in [0.717, 1.165) is 0 Å². The lowest BCUT2D eigenvalue weighted by Crippen LogP contribution is -2.31. The Balaban J connectivity index is 1.86. The Labute approximate surface area is 142 Å². The molecule has 0 saturated carbocycles. The number of nitrogens with zero attached hydrogens (tertiary/aromatic N) is 2. The molecule has 2 aromatic carbocycles. The minimum atomic E-state index is 0.00858. The average Bonchev–Trinajstić information content (AvgIpc) is 2.67. The molecule has 3 heteroatoms. The number of aromatic nitrogens is 1. The molecule has 0 spiro atoms. The van der Waals surface area contributed by atoms with E-state index in [1.54, 1.807) is 29.4 Å². The third kappa shape index (κ3) is 3.69. The Hall–Kier alpha value is -2.94. The summed E-state index contributed by atoms with van der Waals surface area (Å²) in [6.07, 6.45) is 3.29. The van der Waals surface area contributed by atoms with Crippen LogP contribution in [0.25, 0.3) is 0 Å². The van der Waals surface area contributed by atoms with E-state index in [-0.39, 0.29) is 11.8 Å². The molecule has 0 unspecified atom stereocenters. The molecule has 3 aromatic rings. The smallest absolute Gasteiger partial charge is 0.253 e. The fourth-order valence-electron chi connectivity index (χ4n) is 2.85. The third-order valence-electron chi connectivity index (χ3n) is 4.13. The van der Waals surface area contributed by atoms with Crippen molar-refractivity contribution in [1.82, 2.24) is 9.88 Å². The molecule has 0 atom stereocenters. The Morgan fingerprint density at radius 1 is 0.875 bits per heavy atom. The van der Waals surface area contributed by atoms with Crippen molar-refractivity contribution in [1.29, 1.82) is 0 Å². The van der Waals surface area contributed by atoms with Gasteiger partial charge >= 0.3 is 0 Å². The standard InChI is InChI=1S/C21H20N2O/c1-23(21(24)19-12-14-22-15-13-19)16-20(17-8-4-2-5-9-17)18-10-6-3-7-11-18/h2-15,20H,16H2,1H3. The lowest BCUT2D eigenvalue weighted by atomic mass is 9.91. The molecule has 1 amide bonds. The Morgan fingerprint density at radius 3 is 1.88 bits per heavy atom. The van der Waals surface area contributed by atoms with Crippen LogP contribution in [0.4, 0.5) is 0 Å². The molecule has 0 bridgehead atoms. The molecule has 3 nitrogen and oxygen atoms in total. The van der Waals surface area contributed by atoms with Gasteiger partial charge in [-0.25, -0.2) is 0 Å². The lowest BCUT2D eigenvalue weighted by molar-refractivity contribution is 0.0790. The fraction of sp³-hybridized carbons (Fsp3) is 0.143. The predicted molar refractivity (Wildman–Crippen MR) is 95.9 cm³/mol. The number of benzene rings is 2. The number of pyridine rings is 1. The first-order chi connectivity index (χ1) is 11.8. The highest BCUT2D eigenvalue weighted by molar-refractivity contribution is 5.93. The molecule has 24 heavy (non-hydrogen) atoms. The van der Waals surface area contributed by atoms with E-state index < -0.39 is 0 Å². The molecule has 1 heterocycles. The van der Waals surface area contributed by atoms with Gasteiger partial charge in [-0.05, 0) is 23.3 Å². The largest absolute Gasteiger partial charge is 0.341 e. The molecule has 0 N–H and O–H groups in total. The van der Waals surface area contributed by atoms with Gasteiger partial charge in [-0.1, -0.05) is 60.7 Å². The Bertz CT molecular complexity index is 733. The van der Waals surface area contributed by atoms with Gasteiger partial charge in [0.2, 0.25) is 0 Å². The number of hydrogen-bond acceptors (Lipinski definition) is 2. The average molecular weight is 316 g/mol. The summed E-state index contributed by atoms with van der Waals surface area (Å²) in [5.41, 5.74) is 3.07. The molecule has 0 aliphatic carbocycles. The van der Waals surface area contributed by atoms with Crippen LogP contribution in [0.15, 0.2) is 85.2 Å². The van der Waals surface area contributed by atoms with E-state index in [4.69, 9.17) is 0 Å². The van der Waals surface area contributed by atoms with Crippen LogP contribution in [0.1, 0.15) is 27.4 Å². The second-order valence-corrected chi connectivity index (χ2v) is 5.80. The fourth-order valence-corrected chi connectivity index (χ4v) is 2.85. The monoisotopic (exact) mass is 316 g/mol. The van der Waals surface area contributed by atoms with Gasteiger partial charge in [0.25, 0.3) is 5.91 Å². The van der Waals surface area contributed by atoms with Crippen molar-refractivity contribution in [2.24, 2.45) is 0 Å².